The molecule has 18 heavy (non-hydrogen) atoms. The minimum atomic E-state index is 0.138. The number of Topliss-reactive ketones (excluding diaryl/α,β-unsaturated/α-hetero) is 1. The van der Waals surface area contributed by atoms with Crippen molar-refractivity contribution in [3.63, 3.8) is 0 Å². The zero-order valence-electron chi connectivity index (χ0n) is 12.1. The molecule has 1 rings (SSSR count). The lowest BCUT2D eigenvalue weighted by Gasteiger charge is -2.26. The highest BCUT2D eigenvalue weighted by atomic mass is 16.1. The van der Waals surface area contributed by atoms with E-state index in [0.717, 1.165) is 19.3 Å². The van der Waals surface area contributed by atoms with Gasteiger partial charge in [-0.2, -0.15) is 0 Å². The average Bonchev–Trinajstić information content (AvgIpc) is 2.39. The summed E-state index contributed by atoms with van der Waals surface area (Å²) in [6, 6.07) is 10.4. The molecule has 0 aromatic heterocycles. The van der Waals surface area contributed by atoms with E-state index in [-0.39, 0.29) is 11.8 Å². The summed E-state index contributed by atoms with van der Waals surface area (Å²) in [5, 5.41) is 0. The van der Waals surface area contributed by atoms with E-state index in [2.05, 4.69) is 38.1 Å². The van der Waals surface area contributed by atoms with Crippen LogP contribution in [-0.4, -0.2) is 5.78 Å². The van der Waals surface area contributed by atoms with Crippen molar-refractivity contribution in [1.82, 2.24) is 0 Å². The first-order valence-electron chi connectivity index (χ1n) is 7.17. The van der Waals surface area contributed by atoms with Gasteiger partial charge in [0, 0.05) is 11.8 Å². The maximum Gasteiger partial charge on any atom is 0.139 e. The molecule has 1 aromatic carbocycles. The molecule has 0 heterocycles. The number of benzene rings is 1. The zero-order chi connectivity index (χ0) is 13.5. The minimum Gasteiger partial charge on any atom is -0.299 e. The van der Waals surface area contributed by atoms with Gasteiger partial charge in [-0.25, -0.2) is 0 Å². The second-order valence-corrected chi connectivity index (χ2v) is 5.43. The quantitative estimate of drug-likeness (QED) is 0.692. The normalized spacial score (nSPS) is 13.0. The number of hydrogen-bond donors (Lipinski definition) is 0. The molecule has 0 bridgehead atoms. The monoisotopic (exact) mass is 246 g/mol. The lowest BCUT2D eigenvalue weighted by atomic mass is 9.78. The molecule has 0 aliphatic heterocycles. The van der Waals surface area contributed by atoms with Crippen LogP contribution in [0.1, 0.15) is 46.1 Å². The first kappa shape index (κ1) is 14.9. The molecule has 0 fully saturated rings. The zero-order valence-corrected chi connectivity index (χ0v) is 12.1. The van der Waals surface area contributed by atoms with Gasteiger partial charge in [0.1, 0.15) is 5.78 Å². The molecular weight excluding hydrogens is 220 g/mol. The van der Waals surface area contributed by atoms with Crippen LogP contribution in [0.3, 0.4) is 0 Å². The summed E-state index contributed by atoms with van der Waals surface area (Å²) in [4.78, 5) is 12.4. The lowest BCUT2D eigenvalue weighted by molar-refractivity contribution is -0.127. The third-order valence-electron chi connectivity index (χ3n) is 3.85. The van der Waals surface area contributed by atoms with Crippen molar-refractivity contribution < 1.29 is 4.79 Å². The number of ketones is 1. The number of rotatable bonds is 7. The van der Waals surface area contributed by atoms with E-state index in [1.54, 1.807) is 0 Å². The maximum absolute atomic E-state index is 12.4. The largest absolute Gasteiger partial charge is 0.299 e. The van der Waals surface area contributed by atoms with Crippen molar-refractivity contribution in [3.05, 3.63) is 35.9 Å². The van der Waals surface area contributed by atoms with Gasteiger partial charge in [0.15, 0.2) is 0 Å². The highest BCUT2D eigenvalue weighted by Gasteiger charge is 2.27. The molecule has 0 amide bonds. The number of hydrogen-bond acceptors (Lipinski definition) is 1. The van der Waals surface area contributed by atoms with Gasteiger partial charge < -0.3 is 0 Å². The summed E-state index contributed by atoms with van der Waals surface area (Å²) >= 11 is 0. The Hall–Kier alpha value is -1.11. The second-order valence-electron chi connectivity index (χ2n) is 5.43. The summed E-state index contributed by atoms with van der Waals surface area (Å²) in [6.45, 7) is 8.42. The Balaban J connectivity index is 2.87. The van der Waals surface area contributed by atoms with Crippen LogP contribution in [0.2, 0.25) is 0 Å². The van der Waals surface area contributed by atoms with E-state index in [9.17, 15) is 4.79 Å². The summed E-state index contributed by atoms with van der Waals surface area (Å²) in [6.07, 6.45) is 3.07. The fraction of sp³-hybridized carbons (Fsp3) is 0.588. The minimum absolute atomic E-state index is 0.138. The van der Waals surface area contributed by atoms with Gasteiger partial charge in [0.2, 0.25) is 0 Å². The first-order chi connectivity index (χ1) is 8.60. The smallest absolute Gasteiger partial charge is 0.139 e. The van der Waals surface area contributed by atoms with E-state index in [1.807, 2.05) is 19.9 Å². The molecule has 0 unspecified atom stereocenters. The standard InChI is InChI=1S/C17H26O/c1-5-15(6-2)16(17(18)13(3)4)12-14-10-8-7-9-11-14/h7-11,13,15-16H,5-6,12H2,1-4H3/t16-/m1/s1. The van der Waals surface area contributed by atoms with Gasteiger partial charge >= 0.3 is 0 Å². The van der Waals surface area contributed by atoms with Gasteiger partial charge in [-0.05, 0) is 17.9 Å². The van der Waals surface area contributed by atoms with Gasteiger partial charge in [0.25, 0.3) is 0 Å². The molecule has 0 saturated heterocycles. The van der Waals surface area contributed by atoms with E-state index in [1.165, 1.54) is 5.56 Å². The SMILES string of the molecule is CCC(CC)[C@@H](Cc1ccccc1)C(=O)C(C)C. The van der Waals surface area contributed by atoms with Crippen LogP contribution in [-0.2, 0) is 11.2 Å². The fourth-order valence-corrected chi connectivity index (χ4v) is 2.65. The lowest BCUT2D eigenvalue weighted by Crippen LogP contribution is -2.28. The first-order valence-corrected chi connectivity index (χ1v) is 7.17. The van der Waals surface area contributed by atoms with Crippen molar-refractivity contribution in [2.75, 3.05) is 0 Å². The van der Waals surface area contributed by atoms with E-state index >= 15 is 0 Å². The van der Waals surface area contributed by atoms with Crippen LogP contribution in [0.4, 0.5) is 0 Å². The Morgan fingerprint density at radius 2 is 1.61 bits per heavy atom. The Kier molecular flexibility index (Phi) is 6.11. The second kappa shape index (κ2) is 7.35. The van der Waals surface area contributed by atoms with E-state index in [4.69, 9.17) is 0 Å². The van der Waals surface area contributed by atoms with Crippen LogP contribution in [0, 0.1) is 17.8 Å². The highest BCUT2D eigenvalue weighted by Crippen LogP contribution is 2.27. The molecule has 0 radical (unpaired) electrons. The van der Waals surface area contributed by atoms with Crippen LogP contribution >= 0.6 is 0 Å². The Morgan fingerprint density at radius 3 is 2.06 bits per heavy atom. The Labute approximate surface area is 112 Å². The number of carbonyl (C=O) groups is 1. The van der Waals surface area contributed by atoms with Crippen LogP contribution in [0.15, 0.2) is 30.3 Å². The number of carbonyl (C=O) groups excluding carboxylic acids is 1. The fourth-order valence-electron chi connectivity index (χ4n) is 2.65. The van der Waals surface area contributed by atoms with Crippen molar-refractivity contribution >= 4 is 5.78 Å². The van der Waals surface area contributed by atoms with Crippen molar-refractivity contribution in [2.45, 2.75) is 47.0 Å². The van der Waals surface area contributed by atoms with Gasteiger partial charge in [-0.15, -0.1) is 0 Å². The van der Waals surface area contributed by atoms with Gasteiger partial charge in [0.05, 0.1) is 0 Å². The van der Waals surface area contributed by atoms with E-state index in [0.29, 0.717) is 11.7 Å². The molecule has 100 valence electrons. The van der Waals surface area contributed by atoms with Crippen LogP contribution in [0.25, 0.3) is 0 Å². The van der Waals surface area contributed by atoms with Crippen molar-refractivity contribution in [2.24, 2.45) is 17.8 Å². The summed E-state index contributed by atoms with van der Waals surface area (Å²) in [5.74, 6) is 1.26. The Morgan fingerprint density at radius 1 is 1.06 bits per heavy atom. The molecule has 0 aliphatic carbocycles. The molecular formula is C17H26O. The maximum atomic E-state index is 12.4. The summed E-state index contributed by atoms with van der Waals surface area (Å²) in [5.41, 5.74) is 1.28. The molecule has 1 aromatic rings. The van der Waals surface area contributed by atoms with Crippen molar-refractivity contribution in [1.29, 1.82) is 0 Å². The molecule has 1 heteroatoms. The van der Waals surface area contributed by atoms with Gasteiger partial charge in [-0.3, -0.25) is 4.79 Å². The topological polar surface area (TPSA) is 17.1 Å². The third kappa shape index (κ3) is 3.97. The Bertz CT molecular complexity index is 349. The molecule has 0 N–H and O–H groups in total. The highest BCUT2D eigenvalue weighted by molar-refractivity contribution is 5.83. The van der Waals surface area contributed by atoms with E-state index < -0.39 is 0 Å². The van der Waals surface area contributed by atoms with Crippen LogP contribution in [0.5, 0.6) is 0 Å². The predicted molar refractivity (Wildman–Crippen MR) is 77.6 cm³/mol. The van der Waals surface area contributed by atoms with Crippen LogP contribution < -0.4 is 0 Å². The molecule has 1 atom stereocenters. The molecule has 0 aliphatic rings. The molecule has 0 saturated carbocycles. The molecule has 0 spiro atoms. The third-order valence-corrected chi connectivity index (χ3v) is 3.85. The predicted octanol–water partition coefficient (Wildman–Crippen LogP) is 4.51. The molecule has 1 nitrogen and oxygen atoms in total. The van der Waals surface area contributed by atoms with Gasteiger partial charge in [-0.1, -0.05) is 70.9 Å². The average molecular weight is 246 g/mol. The van der Waals surface area contributed by atoms with Crippen molar-refractivity contribution in [3.8, 4) is 0 Å². The summed E-state index contributed by atoms with van der Waals surface area (Å²) in [7, 11) is 0. The summed E-state index contributed by atoms with van der Waals surface area (Å²) < 4.78 is 0.